The number of benzene rings is 1. The number of halogens is 1. The van der Waals surface area contributed by atoms with Gasteiger partial charge in [0.1, 0.15) is 5.02 Å². The lowest BCUT2D eigenvalue weighted by Crippen LogP contribution is -2.15. The predicted octanol–water partition coefficient (Wildman–Crippen LogP) is 2.11. The van der Waals surface area contributed by atoms with Gasteiger partial charge in [0, 0.05) is 19.2 Å². The normalized spacial score (nSPS) is 10.5. The van der Waals surface area contributed by atoms with Crippen LogP contribution >= 0.6 is 11.6 Å². The highest BCUT2D eigenvalue weighted by atomic mass is 35.5. The Hall–Kier alpha value is -1.17. The molecule has 0 aromatic heterocycles. The maximum Gasteiger partial charge on any atom is 0.288 e. The van der Waals surface area contributed by atoms with Gasteiger partial charge in [0.05, 0.1) is 4.92 Å². The summed E-state index contributed by atoms with van der Waals surface area (Å²) in [5.74, 6) is 0. The molecule has 0 aliphatic rings. The molecule has 0 saturated heterocycles. The van der Waals surface area contributed by atoms with E-state index in [1.807, 2.05) is 0 Å². The Morgan fingerprint density at radius 1 is 1.41 bits per heavy atom. The summed E-state index contributed by atoms with van der Waals surface area (Å²) in [4.78, 5) is 10.2. The molecule has 0 radical (unpaired) electrons. The Labute approximate surface area is 105 Å². The van der Waals surface area contributed by atoms with Crippen LogP contribution in [-0.4, -0.2) is 23.2 Å². The van der Waals surface area contributed by atoms with Gasteiger partial charge in [-0.15, -0.1) is 0 Å². The SMILES string of the molecule is O=[N+]([O-])c1cc(CNCCCCO)ccc1Cl. The molecule has 1 aromatic carbocycles. The van der Waals surface area contributed by atoms with Crippen LogP contribution in [0.15, 0.2) is 18.2 Å². The molecule has 0 atom stereocenters. The van der Waals surface area contributed by atoms with Gasteiger partial charge in [-0.1, -0.05) is 17.7 Å². The lowest BCUT2D eigenvalue weighted by Gasteiger charge is -2.04. The minimum Gasteiger partial charge on any atom is -0.396 e. The summed E-state index contributed by atoms with van der Waals surface area (Å²) in [6.07, 6.45) is 1.64. The third kappa shape index (κ3) is 4.68. The Kier molecular flexibility index (Phi) is 5.90. The van der Waals surface area contributed by atoms with E-state index in [0.29, 0.717) is 6.54 Å². The number of aliphatic hydroxyl groups excluding tert-OH is 1. The molecular formula is C11H15ClN2O3. The maximum atomic E-state index is 10.7. The van der Waals surface area contributed by atoms with Gasteiger partial charge in [0.2, 0.25) is 0 Å². The molecule has 0 heterocycles. The molecule has 0 aliphatic heterocycles. The summed E-state index contributed by atoms with van der Waals surface area (Å²) in [6, 6.07) is 4.76. The number of hydrogen-bond acceptors (Lipinski definition) is 4. The van der Waals surface area contributed by atoms with Gasteiger partial charge in [0.15, 0.2) is 0 Å². The van der Waals surface area contributed by atoms with Crippen LogP contribution in [0.3, 0.4) is 0 Å². The molecule has 17 heavy (non-hydrogen) atoms. The van der Waals surface area contributed by atoms with Crippen molar-refractivity contribution in [1.29, 1.82) is 0 Å². The van der Waals surface area contributed by atoms with Crippen LogP contribution in [0.25, 0.3) is 0 Å². The molecular weight excluding hydrogens is 244 g/mol. The predicted molar refractivity (Wildman–Crippen MR) is 66.1 cm³/mol. The lowest BCUT2D eigenvalue weighted by molar-refractivity contribution is -0.384. The Balaban J connectivity index is 2.49. The molecule has 0 unspecified atom stereocenters. The van der Waals surface area contributed by atoms with Gasteiger partial charge in [-0.2, -0.15) is 0 Å². The molecule has 0 spiro atoms. The van der Waals surface area contributed by atoms with Crippen LogP contribution in [0.5, 0.6) is 0 Å². The van der Waals surface area contributed by atoms with E-state index in [2.05, 4.69) is 5.32 Å². The first-order valence-electron chi connectivity index (χ1n) is 5.39. The number of aliphatic hydroxyl groups is 1. The number of rotatable bonds is 7. The number of nitrogens with one attached hydrogen (secondary N) is 1. The third-order valence-corrected chi connectivity index (χ3v) is 2.62. The monoisotopic (exact) mass is 258 g/mol. The zero-order valence-electron chi connectivity index (χ0n) is 9.36. The molecule has 94 valence electrons. The second-order valence-corrected chi connectivity index (χ2v) is 4.06. The fraction of sp³-hybridized carbons (Fsp3) is 0.455. The van der Waals surface area contributed by atoms with Crippen molar-refractivity contribution in [1.82, 2.24) is 5.32 Å². The van der Waals surface area contributed by atoms with E-state index in [1.54, 1.807) is 6.07 Å². The van der Waals surface area contributed by atoms with E-state index in [1.165, 1.54) is 12.1 Å². The molecule has 5 nitrogen and oxygen atoms in total. The van der Waals surface area contributed by atoms with Gasteiger partial charge in [0.25, 0.3) is 5.69 Å². The van der Waals surface area contributed by atoms with Crippen molar-refractivity contribution in [2.24, 2.45) is 0 Å². The fourth-order valence-electron chi connectivity index (χ4n) is 1.40. The Bertz CT molecular complexity index is 385. The van der Waals surface area contributed by atoms with Crippen molar-refractivity contribution in [3.63, 3.8) is 0 Å². The average molecular weight is 259 g/mol. The number of hydrogen-bond donors (Lipinski definition) is 2. The molecule has 1 aromatic rings. The minimum atomic E-state index is -0.488. The first kappa shape index (κ1) is 13.9. The van der Waals surface area contributed by atoms with Gasteiger partial charge in [-0.25, -0.2) is 0 Å². The van der Waals surface area contributed by atoms with E-state index < -0.39 is 4.92 Å². The summed E-state index contributed by atoms with van der Waals surface area (Å²) in [6.45, 7) is 1.52. The zero-order chi connectivity index (χ0) is 12.7. The van der Waals surface area contributed by atoms with Crippen molar-refractivity contribution < 1.29 is 10.0 Å². The summed E-state index contributed by atoms with van der Waals surface area (Å²) in [5.41, 5.74) is 0.756. The lowest BCUT2D eigenvalue weighted by atomic mass is 10.2. The van der Waals surface area contributed by atoms with E-state index in [0.717, 1.165) is 24.9 Å². The summed E-state index contributed by atoms with van der Waals surface area (Å²) in [5, 5.41) is 22.6. The molecule has 0 aliphatic carbocycles. The fourth-order valence-corrected chi connectivity index (χ4v) is 1.59. The average Bonchev–Trinajstić information content (AvgIpc) is 2.30. The van der Waals surface area contributed by atoms with Crippen LogP contribution in [0.4, 0.5) is 5.69 Å². The molecule has 0 bridgehead atoms. The minimum absolute atomic E-state index is 0.0682. The highest BCUT2D eigenvalue weighted by molar-refractivity contribution is 6.32. The van der Waals surface area contributed by atoms with Crippen molar-refractivity contribution in [3.05, 3.63) is 38.9 Å². The van der Waals surface area contributed by atoms with Crippen molar-refractivity contribution in [2.45, 2.75) is 19.4 Å². The first-order valence-corrected chi connectivity index (χ1v) is 5.77. The van der Waals surface area contributed by atoms with Crippen LogP contribution < -0.4 is 5.32 Å². The van der Waals surface area contributed by atoms with E-state index >= 15 is 0 Å². The molecule has 0 saturated carbocycles. The quantitative estimate of drug-likeness (QED) is 0.446. The highest BCUT2D eigenvalue weighted by Gasteiger charge is 2.12. The van der Waals surface area contributed by atoms with Crippen LogP contribution in [-0.2, 0) is 6.54 Å². The number of unbranched alkanes of at least 4 members (excludes halogenated alkanes) is 1. The molecule has 0 amide bonds. The van der Waals surface area contributed by atoms with E-state index in [4.69, 9.17) is 16.7 Å². The second-order valence-electron chi connectivity index (χ2n) is 3.65. The topological polar surface area (TPSA) is 75.4 Å². The first-order chi connectivity index (χ1) is 8.15. The maximum absolute atomic E-state index is 10.7. The van der Waals surface area contributed by atoms with Crippen LogP contribution in [0, 0.1) is 10.1 Å². The largest absolute Gasteiger partial charge is 0.396 e. The number of nitrogens with zero attached hydrogens (tertiary/aromatic N) is 1. The molecule has 1 rings (SSSR count). The Morgan fingerprint density at radius 3 is 2.82 bits per heavy atom. The smallest absolute Gasteiger partial charge is 0.288 e. The molecule has 0 fully saturated rings. The highest BCUT2D eigenvalue weighted by Crippen LogP contribution is 2.24. The van der Waals surface area contributed by atoms with Crippen molar-refractivity contribution in [3.8, 4) is 0 Å². The van der Waals surface area contributed by atoms with Crippen LogP contribution in [0.1, 0.15) is 18.4 Å². The molecule has 6 heteroatoms. The van der Waals surface area contributed by atoms with Gasteiger partial charge >= 0.3 is 0 Å². The molecule has 2 N–H and O–H groups in total. The van der Waals surface area contributed by atoms with E-state index in [-0.39, 0.29) is 17.3 Å². The number of nitro groups is 1. The van der Waals surface area contributed by atoms with E-state index in [9.17, 15) is 10.1 Å². The zero-order valence-corrected chi connectivity index (χ0v) is 10.1. The third-order valence-electron chi connectivity index (χ3n) is 2.30. The van der Waals surface area contributed by atoms with Crippen molar-refractivity contribution in [2.75, 3.05) is 13.2 Å². The number of nitro benzene ring substituents is 1. The van der Waals surface area contributed by atoms with Gasteiger partial charge in [-0.3, -0.25) is 10.1 Å². The summed E-state index contributed by atoms with van der Waals surface area (Å²) >= 11 is 5.70. The standard InChI is InChI=1S/C11H15ClN2O3/c12-10-4-3-9(7-11(10)14(16)17)8-13-5-1-2-6-15/h3-4,7,13,15H,1-2,5-6,8H2. The van der Waals surface area contributed by atoms with Crippen LogP contribution in [0.2, 0.25) is 5.02 Å². The second kappa shape index (κ2) is 7.21. The van der Waals surface area contributed by atoms with Crippen molar-refractivity contribution >= 4 is 17.3 Å². The van der Waals surface area contributed by atoms with Gasteiger partial charge < -0.3 is 10.4 Å². The Morgan fingerprint density at radius 2 is 2.18 bits per heavy atom. The summed E-state index contributed by atoms with van der Waals surface area (Å²) < 4.78 is 0. The summed E-state index contributed by atoms with van der Waals surface area (Å²) in [7, 11) is 0. The van der Waals surface area contributed by atoms with Gasteiger partial charge in [-0.05, 0) is 31.0 Å².